The van der Waals surface area contributed by atoms with E-state index in [1.54, 1.807) is 24.3 Å². The maximum absolute atomic E-state index is 11.8. The SMILES string of the molecule is Cc1cc[n+](CCC(=O)Nc2cccc(C#N)c2)cc1.[Br-]. The predicted octanol–water partition coefficient (Wildman–Crippen LogP) is -0.813. The van der Waals surface area contributed by atoms with E-state index in [9.17, 15) is 4.79 Å². The topological polar surface area (TPSA) is 56.8 Å². The summed E-state index contributed by atoms with van der Waals surface area (Å²) in [4.78, 5) is 11.8. The van der Waals surface area contributed by atoms with Crippen LogP contribution in [-0.2, 0) is 11.3 Å². The number of aromatic nitrogens is 1. The van der Waals surface area contributed by atoms with Gasteiger partial charge in [0.1, 0.15) is 0 Å². The van der Waals surface area contributed by atoms with Crippen molar-refractivity contribution >= 4 is 11.6 Å². The summed E-state index contributed by atoms with van der Waals surface area (Å²) in [5.41, 5.74) is 2.39. The number of halogens is 1. The smallest absolute Gasteiger partial charge is 0.230 e. The van der Waals surface area contributed by atoms with Crippen LogP contribution in [0.4, 0.5) is 5.69 Å². The van der Waals surface area contributed by atoms with Crippen molar-refractivity contribution in [1.82, 2.24) is 0 Å². The minimum Gasteiger partial charge on any atom is -1.00 e. The van der Waals surface area contributed by atoms with E-state index in [2.05, 4.69) is 5.32 Å². The molecule has 0 radical (unpaired) electrons. The Labute approximate surface area is 134 Å². The Morgan fingerprint density at radius 2 is 2.00 bits per heavy atom. The summed E-state index contributed by atoms with van der Waals surface area (Å²) in [5.74, 6) is -0.0619. The van der Waals surface area contributed by atoms with E-state index in [0.29, 0.717) is 24.2 Å². The minimum atomic E-state index is -0.0619. The lowest BCUT2D eigenvalue weighted by molar-refractivity contribution is -0.695. The van der Waals surface area contributed by atoms with E-state index >= 15 is 0 Å². The van der Waals surface area contributed by atoms with Gasteiger partial charge in [0.15, 0.2) is 18.9 Å². The van der Waals surface area contributed by atoms with Gasteiger partial charge in [0.2, 0.25) is 5.91 Å². The molecule has 0 saturated heterocycles. The Balaban J connectivity index is 0.00000220. The third-order valence-corrected chi connectivity index (χ3v) is 2.93. The molecule has 0 aliphatic carbocycles. The Kier molecular flexibility index (Phi) is 6.57. The molecule has 1 heterocycles. The number of amides is 1. The predicted molar refractivity (Wildman–Crippen MR) is 75.8 cm³/mol. The number of pyridine rings is 1. The van der Waals surface area contributed by atoms with Crippen LogP contribution in [0.1, 0.15) is 17.5 Å². The van der Waals surface area contributed by atoms with E-state index in [-0.39, 0.29) is 22.9 Å². The molecule has 5 heteroatoms. The number of hydrogen-bond donors (Lipinski definition) is 1. The lowest BCUT2D eigenvalue weighted by atomic mass is 10.2. The summed E-state index contributed by atoms with van der Waals surface area (Å²) in [6, 6.07) is 13.0. The van der Waals surface area contributed by atoms with Gasteiger partial charge in [-0.15, -0.1) is 0 Å². The quantitative estimate of drug-likeness (QED) is 0.736. The van der Waals surface area contributed by atoms with Crippen molar-refractivity contribution in [1.29, 1.82) is 5.26 Å². The molecule has 0 unspecified atom stereocenters. The molecule has 1 N–H and O–H groups in total. The van der Waals surface area contributed by atoms with Crippen LogP contribution in [0.5, 0.6) is 0 Å². The number of aryl methyl sites for hydroxylation is 2. The van der Waals surface area contributed by atoms with Crippen LogP contribution in [0.25, 0.3) is 0 Å². The molecule has 4 nitrogen and oxygen atoms in total. The third kappa shape index (κ3) is 5.36. The van der Waals surface area contributed by atoms with Crippen LogP contribution in [-0.4, -0.2) is 5.91 Å². The fraction of sp³-hybridized carbons (Fsp3) is 0.188. The van der Waals surface area contributed by atoms with Crippen LogP contribution in [0.2, 0.25) is 0 Å². The molecule has 2 rings (SSSR count). The molecular formula is C16H16BrN3O. The second kappa shape index (κ2) is 8.18. The molecule has 108 valence electrons. The Hall–Kier alpha value is -2.19. The third-order valence-electron chi connectivity index (χ3n) is 2.93. The monoisotopic (exact) mass is 345 g/mol. The average molecular weight is 346 g/mol. The highest BCUT2D eigenvalue weighted by atomic mass is 79.9. The first-order valence-electron chi connectivity index (χ1n) is 6.43. The molecule has 0 bridgehead atoms. The highest BCUT2D eigenvalue weighted by Gasteiger charge is 2.07. The Morgan fingerprint density at radius 1 is 1.29 bits per heavy atom. The average Bonchev–Trinajstić information content (AvgIpc) is 2.47. The van der Waals surface area contributed by atoms with Gasteiger partial charge < -0.3 is 22.3 Å². The zero-order chi connectivity index (χ0) is 14.4. The van der Waals surface area contributed by atoms with Gasteiger partial charge in [0.05, 0.1) is 18.1 Å². The van der Waals surface area contributed by atoms with Crippen LogP contribution in [0, 0.1) is 18.3 Å². The molecule has 0 spiro atoms. The fourth-order valence-corrected chi connectivity index (χ4v) is 1.80. The summed E-state index contributed by atoms with van der Waals surface area (Å²) in [5, 5.41) is 11.6. The summed E-state index contributed by atoms with van der Waals surface area (Å²) in [6.07, 6.45) is 4.31. The van der Waals surface area contributed by atoms with E-state index in [1.807, 2.05) is 42.1 Å². The number of nitriles is 1. The van der Waals surface area contributed by atoms with Gasteiger partial charge in [-0.3, -0.25) is 4.79 Å². The molecule has 0 fully saturated rings. The zero-order valence-corrected chi connectivity index (χ0v) is 13.3. The number of anilines is 1. The van der Waals surface area contributed by atoms with Crippen LogP contribution in [0.15, 0.2) is 48.8 Å². The molecule has 0 atom stereocenters. The number of nitrogens with zero attached hydrogens (tertiary/aromatic N) is 2. The van der Waals surface area contributed by atoms with Crippen molar-refractivity contribution in [2.45, 2.75) is 19.9 Å². The molecule has 2 aromatic rings. The van der Waals surface area contributed by atoms with Crippen LogP contribution < -0.4 is 26.9 Å². The second-order valence-corrected chi connectivity index (χ2v) is 4.60. The lowest BCUT2D eigenvalue weighted by Gasteiger charge is -2.04. The van der Waals surface area contributed by atoms with Crippen molar-refractivity contribution < 1.29 is 26.3 Å². The van der Waals surface area contributed by atoms with E-state index in [1.165, 1.54) is 5.56 Å². The molecule has 0 aliphatic rings. The number of carbonyl (C=O) groups excluding carboxylic acids is 1. The number of carbonyl (C=O) groups is 1. The van der Waals surface area contributed by atoms with Gasteiger partial charge in [0.25, 0.3) is 0 Å². The standard InChI is InChI=1S/C16H15N3O.BrH/c1-13-5-8-19(9-6-13)10-7-16(20)18-15-4-2-3-14(11-15)12-17;/h2-6,8-9,11H,7,10H2,1H3;1H. The maximum atomic E-state index is 11.8. The highest BCUT2D eigenvalue weighted by molar-refractivity contribution is 5.90. The van der Waals surface area contributed by atoms with Crippen molar-refractivity contribution in [3.63, 3.8) is 0 Å². The van der Waals surface area contributed by atoms with Crippen molar-refractivity contribution in [2.24, 2.45) is 0 Å². The number of nitrogens with one attached hydrogen (secondary N) is 1. The molecule has 0 aliphatic heterocycles. The summed E-state index contributed by atoms with van der Waals surface area (Å²) < 4.78 is 1.97. The fourth-order valence-electron chi connectivity index (χ4n) is 1.80. The number of rotatable bonds is 4. The number of benzene rings is 1. The summed E-state index contributed by atoms with van der Waals surface area (Å²) in [7, 11) is 0. The molecule has 1 amide bonds. The zero-order valence-electron chi connectivity index (χ0n) is 11.7. The first-order valence-corrected chi connectivity index (χ1v) is 6.43. The van der Waals surface area contributed by atoms with Crippen molar-refractivity contribution in [3.05, 3.63) is 59.9 Å². The lowest BCUT2D eigenvalue weighted by Crippen LogP contribution is -3.00. The van der Waals surface area contributed by atoms with E-state index < -0.39 is 0 Å². The first kappa shape index (κ1) is 16.9. The highest BCUT2D eigenvalue weighted by Crippen LogP contribution is 2.09. The van der Waals surface area contributed by atoms with Gasteiger partial charge in [-0.1, -0.05) is 6.07 Å². The summed E-state index contributed by atoms with van der Waals surface area (Å²) in [6.45, 7) is 2.66. The normalized spacial score (nSPS) is 9.33. The van der Waals surface area contributed by atoms with Gasteiger partial charge in [0, 0.05) is 17.8 Å². The Morgan fingerprint density at radius 3 is 2.67 bits per heavy atom. The largest absolute Gasteiger partial charge is 1.00 e. The molecule has 0 saturated carbocycles. The van der Waals surface area contributed by atoms with Gasteiger partial charge in [-0.2, -0.15) is 5.26 Å². The van der Waals surface area contributed by atoms with E-state index in [0.717, 1.165) is 0 Å². The van der Waals surface area contributed by atoms with Gasteiger partial charge >= 0.3 is 0 Å². The Bertz CT molecular complexity index is 647. The van der Waals surface area contributed by atoms with Crippen molar-refractivity contribution in [2.75, 3.05) is 5.32 Å². The van der Waals surface area contributed by atoms with Gasteiger partial charge in [-0.05, 0) is 30.7 Å². The molecular weight excluding hydrogens is 330 g/mol. The first-order chi connectivity index (χ1) is 9.67. The van der Waals surface area contributed by atoms with E-state index in [4.69, 9.17) is 5.26 Å². The van der Waals surface area contributed by atoms with Crippen LogP contribution in [0.3, 0.4) is 0 Å². The molecule has 1 aromatic heterocycles. The minimum absolute atomic E-state index is 0. The number of hydrogen-bond acceptors (Lipinski definition) is 2. The second-order valence-electron chi connectivity index (χ2n) is 4.60. The molecule has 1 aromatic carbocycles. The van der Waals surface area contributed by atoms with Gasteiger partial charge in [-0.25, -0.2) is 4.57 Å². The molecule has 21 heavy (non-hydrogen) atoms. The van der Waals surface area contributed by atoms with Crippen LogP contribution >= 0.6 is 0 Å². The van der Waals surface area contributed by atoms with Crippen molar-refractivity contribution in [3.8, 4) is 6.07 Å². The maximum Gasteiger partial charge on any atom is 0.230 e. The summed E-state index contributed by atoms with van der Waals surface area (Å²) >= 11 is 0.